The molecule has 1 aliphatic heterocycles. The zero-order chi connectivity index (χ0) is 14.2. The number of fused-ring (bicyclic) bond motifs is 1. The molecule has 4 heteroatoms. The first-order chi connectivity index (χ1) is 10.3. The summed E-state index contributed by atoms with van der Waals surface area (Å²) in [6.07, 6.45) is 3.84. The van der Waals surface area contributed by atoms with Crippen molar-refractivity contribution in [1.29, 1.82) is 0 Å². The molecule has 0 spiro atoms. The van der Waals surface area contributed by atoms with Crippen LogP contribution in [0.5, 0.6) is 0 Å². The van der Waals surface area contributed by atoms with Crippen LogP contribution in [0, 0.1) is 6.92 Å². The zero-order valence-corrected chi connectivity index (χ0v) is 13.3. The molecule has 3 heterocycles. The van der Waals surface area contributed by atoms with E-state index in [1.165, 1.54) is 30.4 Å². The second kappa shape index (κ2) is 5.59. The number of thiophene rings is 1. The number of aryl methyl sites for hydroxylation is 1. The van der Waals surface area contributed by atoms with Crippen molar-refractivity contribution in [1.82, 2.24) is 10.2 Å². The van der Waals surface area contributed by atoms with Crippen molar-refractivity contribution < 1.29 is 4.42 Å². The van der Waals surface area contributed by atoms with Crippen molar-refractivity contribution in [2.24, 2.45) is 0 Å². The fraction of sp³-hybridized carbons (Fsp3) is 0.529. The molecule has 0 unspecified atom stereocenters. The zero-order valence-electron chi connectivity index (χ0n) is 12.5. The Morgan fingerprint density at radius 1 is 1.43 bits per heavy atom. The number of nitrogens with one attached hydrogen (secondary N) is 1. The van der Waals surface area contributed by atoms with Crippen molar-refractivity contribution in [3.05, 3.63) is 45.0 Å². The lowest BCUT2D eigenvalue weighted by Crippen LogP contribution is -2.29. The third-order valence-electron chi connectivity index (χ3n) is 4.49. The first-order valence-corrected chi connectivity index (χ1v) is 8.75. The van der Waals surface area contributed by atoms with Gasteiger partial charge in [-0.15, -0.1) is 11.3 Å². The summed E-state index contributed by atoms with van der Waals surface area (Å²) in [5, 5.41) is 5.74. The SMILES string of the molecule is Cc1oc(CNC2CC2)cc1CN1CCc2sccc2C1. The molecule has 0 radical (unpaired) electrons. The molecule has 1 saturated carbocycles. The van der Waals surface area contributed by atoms with E-state index in [2.05, 4.69) is 34.7 Å². The van der Waals surface area contributed by atoms with Crippen LogP contribution in [0.4, 0.5) is 0 Å². The number of nitrogens with zero attached hydrogens (tertiary/aromatic N) is 1. The van der Waals surface area contributed by atoms with Crippen LogP contribution in [-0.4, -0.2) is 17.5 Å². The molecule has 2 aromatic rings. The molecular formula is C17H22N2OS. The van der Waals surface area contributed by atoms with E-state index in [1.54, 1.807) is 4.88 Å². The smallest absolute Gasteiger partial charge is 0.118 e. The minimum Gasteiger partial charge on any atom is -0.465 e. The first-order valence-electron chi connectivity index (χ1n) is 7.87. The van der Waals surface area contributed by atoms with Gasteiger partial charge >= 0.3 is 0 Å². The van der Waals surface area contributed by atoms with Crippen molar-refractivity contribution in [2.45, 2.75) is 51.9 Å². The number of hydrogen-bond acceptors (Lipinski definition) is 4. The molecule has 1 fully saturated rings. The molecule has 0 atom stereocenters. The summed E-state index contributed by atoms with van der Waals surface area (Å²) in [7, 11) is 0. The largest absolute Gasteiger partial charge is 0.465 e. The van der Waals surface area contributed by atoms with Crippen molar-refractivity contribution in [3.8, 4) is 0 Å². The fourth-order valence-electron chi connectivity index (χ4n) is 3.05. The second-order valence-electron chi connectivity index (χ2n) is 6.28. The highest BCUT2D eigenvalue weighted by atomic mass is 32.1. The van der Waals surface area contributed by atoms with Crippen molar-refractivity contribution in [3.63, 3.8) is 0 Å². The Labute approximate surface area is 130 Å². The Hall–Kier alpha value is -1.10. The van der Waals surface area contributed by atoms with Crippen LogP contribution in [0.15, 0.2) is 21.9 Å². The average Bonchev–Trinajstić information content (AvgIpc) is 3.08. The Morgan fingerprint density at radius 2 is 2.33 bits per heavy atom. The summed E-state index contributed by atoms with van der Waals surface area (Å²) in [5.41, 5.74) is 2.87. The van der Waals surface area contributed by atoms with Gasteiger partial charge in [0.1, 0.15) is 11.5 Å². The highest BCUT2D eigenvalue weighted by Crippen LogP contribution is 2.26. The molecule has 0 saturated heterocycles. The van der Waals surface area contributed by atoms with E-state index in [4.69, 9.17) is 4.42 Å². The standard InChI is InChI=1S/C17H22N2OS/c1-12-14(8-16(20-12)9-18-15-2-3-15)11-19-6-4-17-13(10-19)5-7-21-17/h5,7-8,15,18H,2-4,6,9-11H2,1H3. The van der Waals surface area contributed by atoms with Crippen LogP contribution in [0.25, 0.3) is 0 Å². The molecule has 2 aliphatic rings. The Morgan fingerprint density at radius 3 is 3.19 bits per heavy atom. The van der Waals surface area contributed by atoms with E-state index in [1.807, 2.05) is 11.3 Å². The topological polar surface area (TPSA) is 28.4 Å². The third-order valence-corrected chi connectivity index (χ3v) is 5.52. The maximum Gasteiger partial charge on any atom is 0.118 e. The quantitative estimate of drug-likeness (QED) is 0.917. The number of furan rings is 1. The molecule has 1 aliphatic carbocycles. The summed E-state index contributed by atoms with van der Waals surface area (Å²) in [4.78, 5) is 4.11. The van der Waals surface area contributed by atoms with Crippen LogP contribution in [0.3, 0.4) is 0 Å². The maximum atomic E-state index is 5.90. The van der Waals surface area contributed by atoms with Gasteiger partial charge in [0.05, 0.1) is 6.54 Å². The third kappa shape index (κ3) is 3.07. The van der Waals surface area contributed by atoms with Gasteiger partial charge in [-0.05, 0) is 49.3 Å². The summed E-state index contributed by atoms with van der Waals surface area (Å²) in [5.74, 6) is 2.17. The molecule has 4 rings (SSSR count). The molecule has 0 amide bonds. The van der Waals surface area contributed by atoms with Gasteiger partial charge in [0.15, 0.2) is 0 Å². The van der Waals surface area contributed by atoms with E-state index in [0.717, 1.165) is 43.7 Å². The van der Waals surface area contributed by atoms with E-state index < -0.39 is 0 Å². The predicted octanol–water partition coefficient (Wildman–Crippen LogP) is 3.46. The molecule has 0 aromatic carbocycles. The lowest BCUT2D eigenvalue weighted by Gasteiger charge is -2.26. The van der Waals surface area contributed by atoms with Gasteiger partial charge in [-0.25, -0.2) is 0 Å². The number of rotatable bonds is 5. The van der Waals surface area contributed by atoms with E-state index in [0.29, 0.717) is 0 Å². The summed E-state index contributed by atoms with van der Waals surface area (Å²) >= 11 is 1.90. The van der Waals surface area contributed by atoms with Gasteiger partial charge < -0.3 is 9.73 Å². The molecule has 0 bridgehead atoms. The summed E-state index contributed by atoms with van der Waals surface area (Å²) < 4.78 is 5.90. The van der Waals surface area contributed by atoms with Crippen LogP contribution in [0.1, 0.15) is 40.4 Å². The van der Waals surface area contributed by atoms with Crippen LogP contribution in [0.2, 0.25) is 0 Å². The number of hydrogen-bond donors (Lipinski definition) is 1. The Kier molecular flexibility index (Phi) is 3.61. The van der Waals surface area contributed by atoms with Crippen molar-refractivity contribution in [2.75, 3.05) is 6.54 Å². The van der Waals surface area contributed by atoms with Gasteiger partial charge in [-0.3, -0.25) is 4.90 Å². The van der Waals surface area contributed by atoms with E-state index in [-0.39, 0.29) is 0 Å². The van der Waals surface area contributed by atoms with Crippen LogP contribution < -0.4 is 5.32 Å². The lowest BCUT2D eigenvalue weighted by atomic mass is 10.1. The van der Waals surface area contributed by atoms with Crippen molar-refractivity contribution >= 4 is 11.3 Å². The first kappa shape index (κ1) is 13.6. The molecule has 1 N–H and O–H groups in total. The fourth-order valence-corrected chi connectivity index (χ4v) is 3.94. The Bertz CT molecular complexity index is 627. The molecule has 2 aromatic heterocycles. The minimum atomic E-state index is 0.734. The van der Waals surface area contributed by atoms with E-state index >= 15 is 0 Å². The van der Waals surface area contributed by atoms with Gasteiger partial charge in [-0.1, -0.05) is 0 Å². The lowest BCUT2D eigenvalue weighted by molar-refractivity contribution is 0.246. The highest BCUT2D eigenvalue weighted by molar-refractivity contribution is 7.10. The minimum absolute atomic E-state index is 0.734. The normalized spacial score (nSPS) is 18.9. The maximum absolute atomic E-state index is 5.90. The molecule has 21 heavy (non-hydrogen) atoms. The molecule has 3 nitrogen and oxygen atoms in total. The highest BCUT2D eigenvalue weighted by Gasteiger charge is 2.22. The van der Waals surface area contributed by atoms with Gasteiger partial charge in [0, 0.05) is 36.1 Å². The van der Waals surface area contributed by atoms with Gasteiger partial charge in [0.25, 0.3) is 0 Å². The average molecular weight is 302 g/mol. The monoisotopic (exact) mass is 302 g/mol. The Balaban J connectivity index is 1.40. The van der Waals surface area contributed by atoms with Gasteiger partial charge in [-0.2, -0.15) is 0 Å². The summed E-state index contributed by atoms with van der Waals surface area (Å²) in [6, 6.07) is 5.26. The molecular weight excluding hydrogens is 280 g/mol. The summed E-state index contributed by atoms with van der Waals surface area (Å²) in [6.45, 7) is 6.22. The predicted molar refractivity (Wildman–Crippen MR) is 85.4 cm³/mol. The van der Waals surface area contributed by atoms with Crippen LogP contribution >= 0.6 is 11.3 Å². The van der Waals surface area contributed by atoms with E-state index in [9.17, 15) is 0 Å². The van der Waals surface area contributed by atoms with Crippen LogP contribution in [-0.2, 0) is 26.1 Å². The van der Waals surface area contributed by atoms with Gasteiger partial charge in [0.2, 0.25) is 0 Å². The second-order valence-corrected chi connectivity index (χ2v) is 7.28. The molecule has 112 valence electrons.